The van der Waals surface area contributed by atoms with Crippen molar-refractivity contribution < 1.29 is 24.2 Å². The average Bonchev–Trinajstić information content (AvgIpc) is 3.33. The van der Waals surface area contributed by atoms with E-state index in [1.165, 1.54) is 40.7 Å². The molecule has 2 fully saturated rings. The first kappa shape index (κ1) is 26.3. The molecule has 40 heavy (non-hydrogen) atoms. The van der Waals surface area contributed by atoms with Gasteiger partial charge in [0.05, 0.1) is 12.9 Å². The van der Waals surface area contributed by atoms with Gasteiger partial charge in [0.25, 0.3) is 5.91 Å². The quantitative estimate of drug-likeness (QED) is 0.377. The zero-order chi connectivity index (χ0) is 28.1. The highest BCUT2D eigenvalue weighted by Gasteiger charge is 2.46. The summed E-state index contributed by atoms with van der Waals surface area (Å²) in [4.78, 5) is 61.0. The molecule has 0 spiro atoms. The number of aromatic nitrogens is 5. The summed E-state index contributed by atoms with van der Waals surface area (Å²) in [5.74, 6) is 1.46. The molecule has 3 aromatic rings. The van der Waals surface area contributed by atoms with Crippen molar-refractivity contribution in [3.63, 3.8) is 0 Å². The third-order valence-corrected chi connectivity index (χ3v) is 8.44. The molecule has 1 saturated carbocycles. The van der Waals surface area contributed by atoms with E-state index in [0.29, 0.717) is 10.8 Å². The van der Waals surface area contributed by atoms with Gasteiger partial charge in [0.2, 0.25) is 18.2 Å². The highest BCUT2D eigenvalue weighted by atomic mass is 32.1. The maximum atomic E-state index is 13.3. The van der Waals surface area contributed by atoms with Crippen molar-refractivity contribution in [2.75, 3.05) is 55.5 Å². The number of aliphatic hydroxyl groups is 1. The number of hydrogen-bond acceptors (Lipinski definition) is 12. The van der Waals surface area contributed by atoms with Crippen LogP contribution >= 0.6 is 11.3 Å². The molecule has 1 saturated heterocycles. The second-order valence-corrected chi connectivity index (χ2v) is 11.2. The molecule has 1 aliphatic carbocycles. The predicted octanol–water partition coefficient (Wildman–Crippen LogP) is 0.836. The Morgan fingerprint density at radius 1 is 1.23 bits per heavy atom. The number of rotatable bonds is 9. The first-order valence-corrected chi connectivity index (χ1v) is 13.8. The first-order valence-electron chi connectivity index (χ1n) is 12.9. The van der Waals surface area contributed by atoms with Crippen LogP contribution in [-0.2, 0) is 14.3 Å². The van der Waals surface area contributed by atoms with Gasteiger partial charge in [0.1, 0.15) is 23.5 Å². The third kappa shape index (κ3) is 4.69. The largest absolute Gasteiger partial charge is 0.377 e. The van der Waals surface area contributed by atoms with Crippen molar-refractivity contribution in [1.82, 2.24) is 29.4 Å². The summed E-state index contributed by atoms with van der Waals surface area (Å²) in [6.07, 6.45) is 4.79. The smallest absolute Gasteiger partial charge is 0.278 e. The van der Waals surface area contributed by atoms with Gasteiger partial charge in [0, 0.05) is 50.6 Å². The Morgan fingerprint density at radius 2 is 1.95 bits per heavy atom. The molecule has 3 aromatic heterocycles. The molecule has 0 bridgehead atoms. The number of ether oxygens (including phenoxy) is 1. The fraction of sp³-hybridized carbons (Fsp3) is 0.480. The zero-order valence-electron chi connectivity index (χ0n) is 22.2. The lowest BCUT2D eigenvalue weighted by Gasteiger charge is -2.38. The fourth-order valence-corrected chi connectivity index (χ4v) is 5.92. The summed E-state index contributed by atoms with van der Waals surface area (Å²) in [5.41, 5.74) is 0.845. The Labute approximate surface area is 233 Å². The van der Waals surface area contributed by atoms with Gasteiger partial charge >= 0.3 is 0 Å². The van der Waals surface area contributed by atoms with E-state index in [0.717, 1.165) is 41.3 Å². The normalized spacial score (nSPS) is 22.2. The van der Waals surface area contributed by atoms with E-state index in [9.17, 15) is 19.5 Å². The number of hydrogen-bond donors (Lipinski definition) is 2. The van der Waals surface area contributed by atoms with Crippen LogP contribution in [0.3, 0.4) is 0 Å². The van der Waals surface area contributed by atoms with Crippen LogP contribution in [0.1, 0.15) is 29.9 Å². The molecular weight excluding hydrogens is 538 g/mol. The standard InChI is InChI=1S/C25H29N9O5S/c1-13(34-12-28-20-19(34)23(37)33(25(38)31(20)2)9-17(35)10-39-3)21(36)29-18-11-40-22(30-18)16-5-26-24(27-6-16)32-7-14-4-15(14)8-32/h5-6,11-15,25,38H,4,7-10H2,1-3H3,(H,29,36)/t13-,14?,15?,25?/m0/s1. The van der Waals surface area contributed by atoms with Gasteiger partial charge in [-0.1, -0.05) is 0 Å². The molecule has 14 nitrogen and oxygen atoms in total. The van der Waals surface area contributed by atoms with E-state index < -0.39 is 24.2 Å². The molecule has 3 aliphatic rings. The molecular formula is C25H29N9O5S. The van der Waals surface area contributed by atoms with Crippen LogP contribution in [-0.4, -0.2) is 98.9 Å². The Bertz CT molecular complexity index is 1450. The molecule has 2 aliphatic heterocycles. The molecule has 4 atom stereocenters. The number of piperidine rings is 1. The number of carbonyl (C=O) groups excluding carboxylic acids is 3. The Kier molecular flexibility index (Phi) is 6.72. The Balaban J connectivity index is 1.14. The monoisotopic (exact) mass is 567 g/mol. The SMILES string of the molecule is COCC(=O)CN1C(=O)c2c(ncn2[C@@H](C)C(=O)Nc2csc(-c3cnc(N4CC5CC5C4)nc3)n2)N(C)C1O. The summed E-state index contributed by atoms with van der Waals surface area (Å²) in [7, 11) is 2.92. The maximum Gasteiger partial charge on any atom is 0.278 e. The number of imidazole rings is 1. The van der Waals surface area contributed by atoms with E-state index in [1.807, 2.05) is 0 Å². The minimum Gasteiger partial charge on any atom is -0.377 e. The number of aliphatic hydroxyl groups excluding tert-OH is 1. The van der Waals surface area contributed by atoms with Crippen molar-refractivity contribution in [1.29, 1.82) is 0 Å². The van der Waals surface area contributed by atoms with Crippen molar-refractivity contribution in [2.24, 2.45) is 11.8 Å². The van der Waals surface area contributed by atoms with Gasteiger partial charge in [-0.05, 0) is 25.2 Å². The number of thiazole rings is 1. The number of carbonyl (C=O) groups is 3. The van der Waals surface area contributed by atoms with Gasteiger partial charge in [-0.25, -0.2) is 19.9 Å². The molecule has 5 heterocycles. The van der Waals surface area contributed by atoms with Crippen molar-refractivity contribution in [3.8, 4) is 10.6 Å². The second-order valence-electron chi connectivity index (χ2n) is 10.3. The van der Waals surface area contributed by atoms with E-state index in [1.54, 1.807) is 31.7 Å². The van der Waals surface area contributed by atoms with Crippen LogP contribution in [0.2, 0.25) is 0 Å². The number of Topliss-reactive ketones (excluding diaryl/α,β-unsaturated/α-hetero) is 1. The third-order valence-electron chi connectivity index (χ3n) is 7.55. The second kappa shape index (κ2) is 10.2. The lowest BCUT2D eigenvalue weighted by Crippen LogP contribution is -2.56. The van der Waals surface area contributed by atoms with E-state index in [2.05, 4.69) is 30.2 Å². The van der Waals surface area contributed by atoms with Crippen LogP contribution in [0, 0.1) is 11.8 Å². The lowest BCUT2D eigenvalue weighted by molar-refractivity contribution is -0.125. The first-order chi connectivity index (χ1) is 19.2. The molecule has 2 N–H and O–H groups in total. The maximum absolute atomic E-state index is 13.3. The molecule has 210 valence electrons. The average molecular weight is 568 g/mol. The molecule has 2 amide bonds. The zero-order valence-corrected chi connectivity index (χ0v) is 23.0. The minimum atomic E-state index is -1.39. The Morgan fingerprint density at radius 3 is 2.65 bits per heavy atom. The van der Waals surface area contributed by atoms with E-state index in [-0.39, 0.29) is 30.4 Å². The lowest BCUT2D eigenvalue weighted by atomic mass is 10.2. The van der Waals surface area contributed by atoms with Crippen LogP contribution in [0.4, 0.5) is 17.6 Å². The van der Waals surface area contributed by atoms with Crippen LogP contribution in [0.15, 0.2) is 24.1 Å². The van der Waals surface area contributed by atoms with Gasteiger partial charge in [-0.15, -0.1) is 11.3 Å². The number of nitrogens with one attached hydrogen (secondary N) is 1. The van der Waals surface area contributed by atoms with Crippen molar-refractivity contribution >= 4 is 46.5 Å². The highest BCUT2D eigenvalue weighted by Crippen LogP contribution is 2.45. The number of methoxy groups -OCH3 is 1. The molecule has 15 heteroatoms. The summed E-state index contributed by atoms with van der Waals surface area (Å²) in [6.45, 7) is 3.10. The summed E-state index contributed by atoms with van der Waals surface area (Å²) in [6, 6.07) is -0.847. The summed E-state index contributed by atoms with van der Waals surface area (Å²) < 4.78 is 6.26. The van der Waals surface area contributed by atoms with Crippen LogP contribution in [0.5, 0.6) is 0 Å². The number of nitrogens with zero attached hydrogens (tertiary/aromatic N) is 8. The van der Waals surface area contributed by atoms with Gasteiger partial charge in [-0.3, -0.25) is 19.3 Å². The number of anilines is 3. The van der Waals surface area contributed by atoms with Gasteiger partial charge in [-0.2, -0.15) is 0 Å². The molecule has 6 rings (SSSR count). The van der Waals surface area contributed by atoms with Crippen LogP contribution in [0.25, 0.3) is 10.6 Å². The summed E-state index contributed by atoms with van der Waals surface area (Å²) >= 11 is 1.36. The predicted molar refractivity (Wildman–Crippen MR) is 145 cm³/mol. The molecule has 0 aromatic carbocycles. The minimum absolute atomic E-state index is 0.0900. The summed E-state index contributed by atoms with van der Waals surface area (Å²) in [5, 5.41) is 15.8. The van der Waals surface area contributed by atoms with Gasteiger partial charge < -0.3 is 29.5 Å². The van der Waals surface area contributed by atoms with Crippen LogP contribution < -0.4 is 15.1 Å². The van der Waals surface area contributed by atoms with E-state index in [4.69, 9.17) is 4.74 Å². The van der Waals surface area contributed by atoms with Crippen molar-refractivity contribution in [2.45, 2.75) is 25.7 Å². The topological polar surface area (TPSA) is 159 Å². The van der Waals surface area contributed by atoms with E-state index >= 15 is 0 Å². The highest BCUT2D eigenvalue weighted by molar-refractivity contribution is 7.13. The van der Waals surface area contributed by atoms with Crippen molar-refractivity contribution in [3.05, 3.63) is 29.8 Å². The number of amides is 2. The fourth-order valence-electron chi connectivity index (χ4n) is 5.20. The van der Waals surface area contributed by atoms with Gasteiger partial charge in [0.15, 0.2) is 17.3 Å². The Hall–Kier alpha value is -3.95. The number of ketones is 1. The molecule has 3 unspecified atom stereocenters. The molecule has 0 radical (unpaired) electrons. The number of fused-ring (bicyclic) bond motifs is 2.